The molecule has 2 rings (SSSR count). The van der Waals surface area contributed by atoms with Gasteiger partial charge in [0, 0.05) is 17.8 Å². The second-order valence-corrected chi connectivity index (χ2v) is 6.86. The molecule has 2 aromatic rings. The molecule has 28 heavy (non-hydrogen) atoms. The van der Waals surface area contributed by atoms with Crippen LogP contribution in [0.25, 0.3) is 0 Å². The van der Waals surface area contributed by atoms with E-state index in [0.29, 0.717) is 11.4 Å². The van der Waals surface area contributed by atoms with Crippen LogP contribution in [0, 0.1) is 27.7 Å². The number of esters is 1. The fourth-order valence-electron chi connectivity index (χ4n) is 2.49. The molecule has 0 aliphatic rings. The molecule has 0 aliphatic carbocycles. The van der Waals surface area contributed by atoms with Gasteiger partial charge in [0.2, 0.25) is 5.91 Å². The van der Waals surface area contributed by atoms with Crippen LogP contribution in [-0.2, 0) is 19.1 Å². The van der Waals surface area contributed by atoms with E-state index in [4.69, 9.17) is 4.74 Å². The van der Waals surface area contributed by atoms with E-state index < -0.39 is 11.9 Å². The van der Waals surface area contributed by atoms with Gasteiger partial charge in [0.1, 0.15) is 0 Å². The number of anilines is 2. The number of nitrogens with one attached hydrogen (secondary N) is 2. The number of carbonyl (C=O) groups is 3. The van der Waals surface area contributed by atoms with Crippen LogP contribution in [0.15, 0.2) is 36.4 Å². The minimum absolute atomic E-state index is 0.00939. The van der Waals surface area contributed by atoms with Crippen molar-refractivity contribution in [3.63, 3.8) is 0 Å². The minimum Gasteiger partial charge on any atom is -0.456 e. The van der Waals surface area contributed by atoms with Crippen LogP contribution in [0.1, 0.15) is 35.1 Å². The highest BCUT2D eigenvalue weighted by Crippen LogP contribution is 2.15. The first-order chi connectivity index (χ1) is 13.2. The van der Waals surface area contributed by atoms with Gasteiger partial charge in [0.25, 0.3) is 5.91 Å². The Hall–Kier alpha value is -3.15. The SMILES string of the molecule is Cc1ccc(NC(=O)CCC(=O)OCC(=O)Nc2ccc(C)c(C)c2)cc1C. The lowest BCUT2D eigenvalue weighted by Gasteiger charge is -2.09. The van der Waals surface area contributed by atoms with Gasteiger partial charge in [-0.1, -0.05) is 12.1 Å². The van der Waals surface area contributed by atoms with E-state index >= 15 is 0 Å². The Morgan fingerprint density at radius 2 is 1.21 bits per heavy atom. The Morgan fingerprint density at radius 1 is 0.714 bits per heavy atom. The number of amides is 2. The van der Waals surface area contributed by atoms with Crippen LogP contribution in [-0.4, -0.2) is 24.4 Å². The molecule has 148 valence electrons. The molecular formula is C22H26N2O4. The second kappa shape index (κ2) is 9.69. The number of carbonyl (C=O) groups excluding carboxylic acids is 3. The van der Waals surface area contributed by atoms with Crippen molar-refractivity contribution in [1.29, 1.82) is 0 Å². The van der Waals surface area contributed by atoms with Crippen LogP contribution in [0.3, 0.4) is 0 Å². The lowest BCUT2D eigenvalue weighted by Crippen LogP contribution is -2.21. The van der Waals surface area contributed by atoms with Gasteiger partial charge in [-0.15, -0.1) is 0 Å². The molecule has 2 amide bonds. The molecule has 0 unspecified atom stereocenters. The molecule has 0 heterocycles. The summed E-state index contributed by atoms with van der Waals surface area (Å²) in [5.41, 5.74) is 5.74. The van der Waals surface area contributed by atoms with Crippen molar-refractivity contribution in [3.05, 3.63) is 58.7 Å². The van der Waals surface area contributed by atoms with Crippen molar-refractivity contribution in [2.45, 2.75) is 40.5 Å². The molecule has 6 nitrogen and oxygen atoms in total. The van der Waals surface area contributed by atoms with Crippen LogP contribution in [0.4, 0.5) is 11.4 Å². The van der Waals surface area contributed by atoms with Crippen molar-refractivity contribution in [3.8, 4) is 0 Å². The lowest BCUT2D eigenvalue weighted by atomic mass is 10.1. The summed E-state index contributed by atoms with van der Waals surface area (Å²) in [6.07, 6.45) is -0.0991. The van der Waals surface area contributed by atoms with Gasteiger partial charge in [-0.2, -0.15) is 0 Å². The van der Waals surface area contributed by atoms with Crippen LogP contribution in [0.2, 0.25) is 0 Å². The average molecular weight is 382 g/mol. The van der Waals surface area contributed by atoms with Crippen LogP contribution < -0.4 is 10.6 Å². The van der Waals surface area contributed by atoms with E-state index in [2.05, 4.69) is 10.6 Å². The third kappa shape index (κ3) is 6.54. The summed E-state index contributed by atoms with van der Waals surface area (Å²) in [6.45, 7) is 7.51. The largest absolute Gasteiger partial charge is 0.456 e. The molecule has 0 aliphatic heterocycles. The van der Waals surface area contributed by atoms with E-state index in [0.717, 1.165) is 22.3 Å². The van der Waals surface area contributed by atoms with Crippen LogP contribution >= 0.6 is 0 Å². The molecule has 0 atom stereocenters. The molecule has 2 N–H and O–H groups in total. The lowest BCUT2D eigenvalue weighted by molar-refractivity contribution is -0.147. The van der Waals surface area contributed by atoms with Gasteiger partial charge in [-0.3, -0.25) is 14.4 Å². The van der Waals surface area contributed by atoms with Gasteiger partial charge in [0.15, 0.2) is 6.61 Å². The number of hydrogen-bond donors (Lipinski definition) is 2. The Balaban J connectivity index is 1.71. The van der Waals surface area contributed by atoms with Gasteiger partial charge in [0.05, 0.1) is 6.42 Å². The quantitative estimate of drug-likeness (QED) is 0.713. The van der Waals surface area contributed by atoms with Gasteiger partial charge >= 0.3 is 5.97 Å². The predicted molar refractivity (Wildman–Crippen MR) is 109 cm³/mol. The first-order valence-electron chi connectivity index (χ1n) is 9.14. The zero-order valence-corrected chi connectivity index (χ0v) is 16.7. The molecule has 2 aromatic carbocycles. The maximum atomic E-state index is 12.0. The molecule has 0 fully saturated rings. The van der Waals surface area contributed by atoms with Crippen molar-refractivity contribution in [2.24, 2.45) is 0 Å². The Labute approximate surface area is 165 Å². The molecule has 0 aromatic heterocycles. The Bertz CT molecular complexity index is 819. The highest BCUT2D eigenvalue weighted by atomic mass is 16.5. The summed E-state index contributed by atoms with van der Waals surface area (Å²) in [5, 5.41) is 5.42. The van der Waals surface area contributed by atoms with E-state index in [1.165, 1.54) is 0 Å². The van der Waals surface area contributed by atoms with Gasteiger partial charge in [-0.25, -0.2) is 0 Å². The highest BCUT2D eigenvalue weighted by Gasteiger charge is 2.11. The van der Waals surface area contributed by atoms with Crippen molar-refractivity contribution in [2.75, 3.05) is 17.2 Å². The normalized spacial score (nSPS) is 10.3. The first kappa shape index (κ1) is 21.2. The zero-order valence-electron chi connectivity index (χ0n) is 16.7. The maximum Gasteiger partial charge on any atom is 0.306 e. The predicted octanol–water partition coefficient (Wildman–Crippen LogP) is 3.82. The molecule has 0 saturated carbocycles. The summed E-state index contributed by atoms with van der Waals surface area (Å²) in [5.74, 6) is -1.29. The Morgan fingerprint density at radius 3 is 1.71 bits per heavy atom. The summed E-state index contributed by atoms with van der Waals surface area (Å²) < 4.78 is 4.93. The first-order valence-corrected chi connectivity index (χ1v) is 9.14. The third-order valence-corrected chi connectivity index (χ3v) is 4.50. The fraction of sp³-hybridized carbons (Fsp3) is 0.318. The standard InChI is InChI=1S/C22H26N2O4/c1-14-5-7-18(11-16(14)3)23-20(25)9-10-22(27)28-13-21(26)24-19-8-6-15(2)17(4)12-19/h5-8,11-12H,9-10,13H2,1-4H3,(H,23,25)(H,24,26). The topological polar surface area (TPSA) is 84.5 Å². The smallest absolute Gasteiger partial charge is 0.306 e. The van der Waals surface area contributed by atoms with Crippen molar-refractivity contribution < 1.29 is 19.1 Å². The minimum atomic E-state index is -0.592. The molecule has 6 heteroatoms. The number of hydrogen-bond acceptors (Lipinski definition) is 4. The van der Waals surface area contributed by atoms with Gasteiger partial charge in [-0.05, 0) is 74.2 Å². The van der Waals surface area contributed by atoms with E-state index in [-0.39, 0.29) is 25.4 Å². The Kier molecular flexibility index (Phi) is 7.32. The molecular weight excluding hydrogens is 356 g/mol. The summed E-state index contributed by atoms with van der Waals surface area (Å²) >= 11 is 0. The second-order valence-electron chi connectivity index (χ2n) is 6.86. The number of aryl methyl sites for hydroxylation is 4. The summed E-state index contributed by atoms with van der Waals surface area (Å²) in [7, 11) is 0. The fourth-order valence-corrected chi connectivity index (χ4v) is 2.49. The number of rotatable bonds is 7. The van der Waals surface area contributed by atoms with E-state index in [1.54, 1.807) is 6.07 Å². The van der Waals surface area contributed by atoms with Gasteiger partial charge < -0.3 is 15.4 Å². The van der Waals surface area contributed by atoms with Crippen LogP contribution in [0.5, 0.6) is 0 Å². The molecule has 0 spiro atoms. The van der Waals surface area contributed by atoms with Crippen molar-refractivity contribution >= 4 is 29.2 Å². The van der Waals surface area contributed by atoms with Crippen molar-refractivity contribution in [1.82, 2.24) is 0 Å². The maximum absolute atomic E-state index is 12.0. The third-order valence-electron chi connectivity index (χ3n) is 4.50. The average Bonchev–Trinajstić information content (AvgIpc) is 2.64. The zero-order chi connectivity index (χ0) is 20.7. The monoisotopic (exact) mass is 382 g/mol. The molecule has 0 radical (unpaired) electrons. The summed E-state index contributed by atoms with van der Waals surface area (Å²) in [6, 6.07) is 11.2. The molecule has 0 saturated heterocycles. The van der Waals surface area contributed by atoms with E-state index in [1.807, 2.05) is 58.0 Å². The number of benzene rings is 2. The van der Waals surface area contributed by atoms with E-state index in [9.17, 15) is 14.4 Å². The number of ether oxygens (including phenoxy) is 1. The highest BCUT2D eigenvalue weighted by molar-refractivity contribution is 5.94. The summed E-state index contributed by atoms with van der Waals surface area (Å²) in [4.78, 5) is 35.6. The molecule has 0 bridgehead atoms.